The zero-order chi connectivity index (χ0) is 17.1. The summed E-state index contributed by atoms with van der Waals surface area (Å²) in [6.45, 7) is 4.10. The van der Waals surface area contributed by atoms with Gasteiger partial charge >= 0.3 is 6.03 Å². The third-order valence-electron chi connectivity index (χ3n) is 4.82. The van der Waals surface area contributed by atoms with Crippen molar-refractivity contribution < 1.29 is 14.3 Å². The molecule has 130 valence electrons. The van der Waals surface area contributed by atoms with Gasteiger partial charge in [0.15, 0.2) is 0 Å². The van der Waals surface area contributed by atoms with Crippen LogP contribution >= 0.6 is 0 Å². The van der Waals surface area contributed by atoms with Gasteiger partial charge in [-0.1, -0.05) is 6.07 Å². The van der Waals surface area contributed by atoms with Gasteiger partial charge in [-0.15, -0.1) is 0 Å². The minimum absolute atomic E-state index is 0.111. The highest BCUT2D eigenvalue weighted by Crippen LogP contribution is 2.28. The average molecular weight is 331 g/mol. The summed E-state index contributed by atoms with van der Waals surface area (Å²) in [5.41, 5.74) is 2.66. The number of nitrogens with zero attached hydrogens (tertiary/aromatic N) is 2. The number of hydrogen-bond donors (Lipinski definition) is 1. The molecule has 2 fully saturated rings. The first-order valence-corrected chi connectivity index (χ1v) is 8.58. The van der Waals surface area contributed by atoms with Crippen LogP contribution < -0.4 is 10.2 Å². The van der Waals surface area contributed by atoms with E-state index in [1.54, 1.807) is 12.0 Å². The maximum absolute atomic E-state index is 12.5. The van der Waals surface area contributed by atoms with Crippen molar-refractivity contribution in [1.82, 2.24) is 4.90 Å². The summed E-state index contributed by atoms with van der Waals surface area (Å²) < 4.78 is 5.37. The van der Waals surface area contributed by atoms with Crippen LogP contribution in [0.1, 0.15) is 31.2 Å². The second-order valence-corrected chi connectivity index (χ2v) is 6.53. The van der Waals surface area contributed by atoms with Crippen LogP contribution in [-0.2, 0) is 9.53 Å². The van der Waals surface area contributed by atoms with Crippen molar-refractivity contribution in [1.29, 1.82) is 0 Å². The summed E-state index contributed by atoms with van der Waals surface area (Å²) in [6, 6.07) is 5.62. The minimum atomic E-state index is -0.112. The number of rotatable bonds is 3. The number of ether oxygens (including phenoxy) is 1. The van der Waals surface area contributed by atoms with Crippen molar-refractivity contribution in [3.8, 4) is 0 Å². The molecule has 6 heteroatoms. The highest BCUT2D eigenvalue weighted by atomic mass is 16.5. The van der Waals surface area contributed by atoms with E-state index >= 15 is 0 Å². The molecule has 3 amide bonds. The normalized spacial score (nSPS) is 21.2. The number of aryl methyl sites for hydroxylation is 1. The van der Waals surface area contributed by atoms with Crippen LogP contribution in [0.25, 0.3) is 0 Å². The van der Waals surface area contributed by atoms with E-state index in [0.717, 1.165) is 49.3 Å². The summed E-state index contributed by atoms with van der Waals surface area (Å²) in [5, 5.41) is 2.96. The van der Waals surface area contributed by atoms with E-state index in [4.69, 9.17) is 4.74 Å². The number of piperidine rings is 1. The number of nitrogens with one attached hydrogen (secondary N) is 1. The Morgan fingerprint density at radius 3 is 2.83 bits per heavy atom. The highest BCUT2D eigenvalue weighted by molar-refractivity contribution is 5.97. The van der Waals surface area contributed by atoms with Crippen LogP contribution in [0.5, 0.6) is 0 Å². The second kappa shape index (κ2) is 7.21. The summed E-state index contributed by atoms with van der Waals surface area (Å²) in [6.07, 6.45) is 3.54. The quantitative estimate of drug-likeness (QED) is 0.926. The molecule has 2 saturated heterocycles. The van der Waals surface area contributed by atoms with E-state index in [-0.39, 0.29) is 18.0 Å². The van der Waals surface area contributed by atoms with Gasteiger partial charge in [0.25, 0.3) is 0 Å². The van der Waals surface area contributed by atoms with Crippen LogP contribution in [0.4, 0.5) is 16.2 Å². The molecule has 0 unspecified atom stereocenters. The molecule has 1 atom stereocenters. The van der Waals surface area contributed by atoms with Crippen LogP contribution in [0.15, 0.2) is 18.2 Å². The number of benzene rings is 1. The summed E-state index contributed by atoms with van der Waals surface area (Å²) in [7, 11) is 1.69. The van der Waals surface area contributed by atoms with Gasteiger partial charge in [0.1, 0.15) is 0 Å². The highest BCUT2D eigenvalue weighted by Gasteiger charge is 2.25. The molecule has 1 aromatic carbocycles. The number of likely N-dealkylation sites (tertiary alicyclic amines) is 1. The first-order chi connectivity index (χ1) is 11.6. The molecule has 0 saturated carbocycles. The predicted octanol–water partition coefficient (Wildman–Crippen LogP) is 2.76. The fraction of sp³-hybridized carbons (Fsp3) is 0.556. The lowest BCUT2D eigenvalue weighted by molar-refractivity contribution is -0.117. The molecule has 2 heterocycles. The van der Waals surface area contributed by atoms with Gasteiger partial charge in [-0.2, -0.15) is 0 Å². The smallest absolute Gasteiger partial charge is 0.321 e. The van der Waals surface area contributed by atoms with Crippen molar-refractivity contribution in [3.05, 3.63) is 23.8 Å². The van der Waals surface area contributed by atoms with Gasteiger partial charge in [0.2, 0.25) is 5.91 Å². The Balaban J connectivity index is 1.71. The van der Waals surface area contributed by atoms with Crippen LogP contribution in [0, 0.1) is 6.92 Å². The largest absolute Gasteiger partial charge is 0.380 e. The number of methoxy groups -OCH3 is 1. The molecule has 6 nitrogen and oxygen atoms in total. The molecule has 1 N–H and O–H groups in total. The monoisotopic (exact) mass is 331 g/mol. The molecular weight excluding hydrogens is 306 g/mol. The van der Waals surface area contributed by atoms with Crippen molar-refractivity contribution in [2.24, 2.45) is 0 Å². The van der Waals surface area contributed by atoms with Crippen LogP contribution in [-0.4, -0.2) is 49.7 Å². The van der Waals surface area contributed by atoms with Crippen molar-refractivity contribution in [2.75, 3.05) is 37.0 Å². The molecule has 24 heavy (non-hydrogen) atoms. The lowest BCUT2D eigenvalue weighted by Gasteiger charge is -2.32. The summed E-state index contributed by atoms with van der Waals surface area (Å²) in [5.74, 6) is 0.153. The van der Waals surface area contributed by atoms with Crippen molar-refractivity contribution in [3.63, 3.8) is 0 Å². The third-order valence-corrected chi connectivity index (χ3v) is 4.82. The Hall–Kier alpha value is -2.08. The number of carbonyl (C=O) groups is 2. The van der Waals surface area contributed by atoms with Gasteiger partial charge in [-0.05, 0) is 43.9 Å². The van der Waals surface area contributed by atoms with E-state index < -0.39 is 0 Å². The van der Waals surface area contributed by atoms with Gasteiger partial charge in [-0.3, -0.25) is 4.79 Å². The molecular formula is C18H25N3O3. The Labute approximate surface area is 142 Å². The number of urea groups is 1. The van der Waals surface area contributed by atoms with E-state index in [1.807, 2.05) is 30.0 Å². The number of anilines is 2. The Morgan fingerprint density at radius 2 is 2.12 bits per heavy atom. The molecule has 0 radical (unpaired) electrons. The number of hydrogen-bond acceptors (Lipinski definition) is 3. The van der Waals surface area contributed by atoms with Crippen LogP contribution in [0.3, 0.4) is 0 Å². The van der Waals surface area contributed by atoms with Gasteiger partial charge in [-0.25, -0.2) is 4.79 Å². The Kier molecular flexibility index (Phi) is 5.04. The maximum atomic E-state index is 12.5. The van der Waals surface area contributed by atoms with E-state index in [1.165, 1.54) is 0 Å². The summed E-state index contributed by atoms with van der Waals surface area (Å²) >= 11 is 0. The molecule has 0 aliphatic carbocycles. The minimum Gasteiger partial charge on any atom is -0.380 e. The predicted molar refractivity (Wildman–Crippen MR) is 93.4 cm³/mol. The van der Waals surface area contributed by atoms with E-state index in [2.05, 4.69) is 5.32 Å². The fourth-order valence-electron chi connectivity index (χ4n) is 3.40. The standard InChI is InChI=1S/C18H25N3O3/c1-13-7-8-14(11-16(13)21-10-4-6-17(21)22)19-18(23)20-9-3-5-15(12-20)24-2/h7-8,11,15H,3-6,9-10,12H2,1-2H3,(H,19,23)/t15-/m0/s1. The average Bonchev–Trinajstić information content (AvgIpc) is 3.02. The Bertz CT molecular complexity index is 632. The van der Waals surface area contributed by atoms with Crippen LogP contribution in [0.2, 0.25) is 0 Å². The first kappa shape index (κ1) is 16.8. The lowest BCUT2D eigenvalue weighted by Crippen LogP contribution is -2.44. The zero-order valence-corrected chi connectivity index (χ0v) is 14.4. The molecule has 1 aromatic rings. The third kappa shape index (κ3) is 3.53. The zero-order valence-electron chi connectivity index (χ0n) is 14.4. The number of amides is 3. The van der Waals surface area contributed by atoms with Gasteiger partial charge in [0.05, 0.1) is 6.10 Å². The first-order valence-electron chi connectivity index (χ1n) is 8.58. The maximum Gasteiger partial charge on any atom is 0.321 e. The van der Waals surface area contributed by atoms with E-state index in [9.17, 15) is 9.59 Å². The second-order valence-electron chi connectivity index (χ2n) is 6.53. The fourth-order valence-corrected chi connectivity index (χ4v) is 3.40. The van der Waals surface area contributed by atoms with Gasteiger partial charge in [0, 0.05) is 44.5 Å². The summed E-state index contributed by atoms with van der Waals surface area (Å²) in [4.78, 5) is 28.1. The molecule has 0 bridgehead atoms. The lowest BCUT2D eigenvalue weighted by atomic mass is 10.1. The molecule has 2 aliphatic heterocycles. The SMILES string of the molecule is CO[C@H]1CCCN(C(=O)Nc2ccc(C)c(N3CCCC3=O)c2)C1. The van der Waals surface area contributed by atoms with E-state index in [0.29, 0.717) is 13.0 Å². The topological polar surface area (TPSA) is 61.9 Å². The molecule has 0 spiro atoms. The Morgan fingerprint density at radius 1 is 1.29 bits per heavy atom. The molecule has 3 rings (SSSR count). The molecule has 2 aliphatic rings. The molecule has 0 aromatic heterocycles. The van der Waals surface area contributed by atoms with Crippen molar-refractivity contribution in [2.45, 2.75) is 38.7 Å². The number of carbonyl (C=O) groups excluding carboxylic acids is 2. The van der Waals surface area contributed by atoms with Gasteiger partial charge < -0.3 is 19.9 Å². The van der Waals surface area contributed by atoms with Crippen molar-refractivity contribution >= 4 is 23.3 Å².